The Morgan fingerprint density at radius 2 is 0.680 bits per heavy atom. The number of carbonyl (C=O) groups is 5. The number of aliphatic hydroxyl groups is 5. The molecule has 2 heterocycles. The number of allylic oxidation sites excluding steroid dienone is 1. The normalized spacial score (nSPS) is 20.1. The fraction of sp³-hybridized carbons (Fsp3) is 0.931. The molecule has 0 aromatic heterocycles. The van der Waals surface area contributed by atoms with Gasteiger partial charge < -0.3 is 79.1 Å². The van der Waals surface area contributed by atoms with E-state index in [4.69, 9.17) is 37.7 Å². The van der Waals surface area contributed by atoms with Gasteiger partial charge in [0.2, 0.25) is 11.8 Å². The first-order chi connectivity index (χ1) is 60.6. The lowest BCUT2D eigenvalue weighted by atomic mass is 9.95. The van der Waals surface area contributed by atoms with Crippen LogP contribution in [0.15, 0.2) is 12.3 Å². The van der Waals surface area contributed by atoms with Gasteiger partial charge in [-0.05, 0) is 51.4 Å². The summed E-state index contributed by atoms with van der Waals surface area (Å²) in [6, 6.07) is -3.39. The third-order valence-corrected chi connectivity index (χ3v) is 25.8. The number of hydrogen-bond acceptors (Lipinski definition) is 19. The molecule has 0 aliphatic carbocycles. The third kappa shape index (κ3) is 64.2. The first kappa shape index (κ1) is 118. The molecule has 2 fully saturated rings. The molecule has 2 saturated heterocycles. The minimum atomic E-state index is -5.58. The Kier molecular flexibility index (Phi) is 75.7. The maximum absolute atomic E-state index is 14.8. The molecule has 0 bridgehead atoms. The van der Waals surface area contributed by atoms with Gasteiger partial charge in [0.25, 0.3) is 0 Å². The Bertz CT molecular complexity index is 2620. The van der Waals surface area contributed by atoms with Gasteiger partial charge in [0.1, 0.15) is 48.7 Å². The second-order valence-electron chi connectivity index (χ2n) is 37.2. The fourth-order valence-electron chi connectivity index (χ4n) is 17.5. The number of aliphatic hydroxyl groups excluding tert-OH is 5. The molecule has 0 radical (unpaired) electrons. The fourth-order valence-corrected chi connectivity index (χ4v) is 18.1. The Balaban J connectivity index is 2.64. The van der Waals surface area contributed by atoms with Crippen LogP contribution < -0.4 is 10.6 Å². The molecule has 9 unspecified atom stereocenters. The zero-order valence-electron chi connectivity index (χ0n) is 80.4. The summed E-state index contributed by atoms with van der Waals surface area (Å²) < 4.78 is 62.2. The van der Waals surface area contributed by atoms with Crippen molar-refractivity contribution < 1.29 is 102 Å². The van der Waals surface area contributed by atoms with Crippen LogP contribution in [0.2, 0.25) is 0 Å². The summed E-state index contributed by atoms with van der Waals surface area (Å²) in [6.07, 6.45) is 49.6. The van der Waals surface area contributed by atoms with E-state index >= 15 is 0 Å². The highest BCUT2D eigenvalue weighted by molar-refractivity contribution is 7.46. The number of esters is 3. The van der Waals surface area contributed by atoms with Crippen molar-refractivity contribution in [1.29, 1.82) is 0 Å². The van der Waals surface area contributed by atoms with Gasteiger partial charge in [-0.3, -0.25) is 28.5 Å². The zero-order valence-corrected chi connectivity index (χ0v) is 81.3. The van der Waals surface area contributed by atoms with Crippen molar-refractivity contribution in [1.82, 2.24) is 10.6 Å². The van der Waals surface area contributed by atoms with Gasteiger partial charge in [-0.1, -0.05) is 421 Å². The number of rotatable bonds is 89. The van der Waals surface area contributed by atoms with E-state index < -0.39 is 156 Å². The SMILES string of the molecule is C=C(CCCCCCCCCCCCCCC)OC(CCCCCCCCCCC)CC(=O)NC1C(O)OC(CO[C@@H]2OC(CO)[C@@H](OP(=O)(O)O)[C@H](OC(=O)CC(CCCCCCCCCCC)OC(=O)CCCCCCCCCCCCCCC)C2NC(=O)CC(O)CCCCCCCCCCC)[C@@H](O)[C@@H]1OC(=O)CC(O)CCCCCCCCCCC. The van der Waals surface area contributed by atoms with Crippen LogP contribution in [0, 0.1) is 0 Å². The average molecular weight is 1800 g/mol. The Hall–Kier alpha value is -3.32. The molecular formula is C101H191N2O21P. The highest BCUT2D eigenvalue weighted by atomic mass is 31.2. The third-order valence-electron chi connectivity index (χ3n) is 25.2. The van der Waals surface area contributed by atoms with E-state index in [-0.39, 0.29) is 25.7 Å². The van der Waals surface area contributed by atoms with Gasteiger partial charge >= 0.3 is 25.7 Å². The van der Waals surface area contributed by atoms with E-state index in [0.29, 0.717) is 50.7 Å². The molecule has 2 aliphatic heterocycles. The second kappa shape index (κ2) is 80.3. The molecule has 14 atom stereocenters. The molecule has 9 N–H and O–H groups in total. The lowest BCUT2D eigenvalue weighted by molar-refractivity contribution is -0.298. The smallest absolute Gasteiger partial charge is 0.470 e. The summed E-state index contributed by atoms with van der Waals surface area (Å²) in [6.45, 7) is 15.7. The van der Waals surface area contributed by atoms with Crippen LogP contribution in [0.25, 0.3) is 0 Å². The quantitative estimate of drug-likeness (QED) is 0.00898. The van der Waals surface area contributed by atoms with Crippen LogP contribution in [0.5, 0.6) is 0 Å². The van der Waals surface area contributed by atoms with Gasteiger partial charge in [-0.25, -0.2) is 4.57 Å². The van der Waals surface area contributed by atoms with Gasteiger partial charge in [0.15, 0.2) is 24.8 Å². The molecule has 0 aromatic rings. The largest absolute Gasteiger partial charge is 0.495 e. The van der Waals surface area contributed by atoms with Gasteiger partial charge in [0.05, 0.1) is 56.9 Å². The summed E-state index contributed by atoms with van der Waals surface area (Å²) in [7, 11) is -5.58. The Morgan fingerprint density at radius 3 is 1.06 bits per heavy atom. The Morgan fingerprint density at radius 1 is 0.360 bits per heavy atom. The minimum Gasteiger partial charge on any atom is -0.495 e. The van der Waals surface area contributed by atoms with E-state index in [2.05, 4.69) is 58.8 Å². The number of carbonyl (C=O) groups excluding carboxylic acids is 5. The molecular weight excluding hydrogens is 1610 g/mol. The number of unbranched alkanes of at least 4 members (excludes halogenated alkanes) is 56. The van der Waals surface area contributed by atoms with E-state index in [9.17, 15) is 63.9 Å². The van der Waals surface area contributed by atoms with Crippen molar-refractivity contribution in [3.63, 3.8) is 0 Å². The number of amides is 2. The lowest BCUT2D eigenvalue weighted by Gasteiger charge is -2.46. The van der Waals surface area contributed by atoms with Crippen LogP contribution in [-0.4, -0.2) is 164 Å². The minimum absolute atomic E-state index is 0.124. The molecule has 125 heavy (non-hydrogen) atoms. The van der Waals surface area contributed by atoms with E-state index in [1.807, 2.05) is 0 Å². The number of phosphoric ester groups is 1. The lowest BCUT2D eigenvalue weighted by Crippen LogP contribution is -2.68. The number of ether oxygens (including phenoxy) is 7. The predicted molar refractivity (Wildman–Crippen MR) is 501 cm³/mol. The van der Waals surface area contributed by atoms with E-state index in [1.54, 1.807) is 0 Å². The summed E-state index contributed by atoms with van der Waals surface area (Å²) >= 11 is 0. The first-order valence-electron chi connectivity index (χ1n) is 52.1. The molecule has 2 aliphatic rings. The van der Waals surface area contributed by atoms with Gasteiger partial charge in [-0.2, -0.15) is 0 Å². The van der Waals surface area contributed by atoms with Crippen molar-refractivity contribution in [3.05, 3.63) is 12.3 Å². The van der Waals surface area contributed by atoms with Gasteiger partial charge in [0, 0.05) is 12.8 Å². The summed E-state index contributed by atoms with van der Waals surface area (Å²) in [5, 5.41) is 64.2. The zero-order chi connectivity index (χ0) is 91.4. The summed E-state index contributed by atoms with van der Waals surface area (Å²) in [5.74, 6) is -3.31. The van der Waals surface area contributed by atoms with Gasteiger partial charge in [-0.15, -0.1) is 0 Å². The monoisotopic (exact) mass is 1800 g/mol. The van der Waals surface area contributed by atoms with Crippen LogP contribution in [0.1, 0.15) is 504 Å². The topological polar surface area (TPSA) is 342 Å². The molecule has 24 heteroatoms. The molecule has 2 amide bonds. The maximum atomic E-state index is 14.8. The van der Waals surface area contributed by atoms with E-state index in [1.165, 1.54) is 186 Å². The maximum Gasteiger partial charge on any atom is 0.470 e. The predicted octanol–water partition coefficient (Wildman–Crippen LogP) is 23.8. The van der Waals surface area contributed by atoms with Crippen molar-refractivity contribution >= 4 is 37.5 Å². The second-order valence-corrected chi connectivity index (χ2v) is 38.4. The molecule has 0 spiro atoms. The first-order valence-corrected chi connectivity index (χ1v) is 53.7. The molecule has 736 valence electrons. The number of nitrogens with one attached hydrogen (secondary N) is 2. The standard InChI is InChI=1S/C101H191N2O21P/c1-8-14-20-26-32-38-40-42-44-50-52-58-64-70-82(7)118-85(73-67-61-55-48-36-30-24-18-12-5)78-90(108)102-94-98(122-92(110)77-84(106)72-66-60-54-47-35-29-23-17-11-4)96(112)88(120-100(94)113)81-117-101-95(103-89(107)76-83(105)71-65-59-53-46-34-28-22-16-10-3)99(97(87(80-104)121-101)124-125(114,115)116)123-93(111)79-86(74-68-62-56-49-37-31-25-19-13-6)119-91(109)75-69-63-57-51-45-43-41-39-33-27-21-15-9-2/h83-88,94-101,104-106,112-113H,7-81H2,1-6H3,(H,102,108)(H,103,107)(H2,114,115,116)/t83?,84?,85?,86?,87?,88?,94?,95?,96-,97-,98-,99-,100?,101-/m1/s1. The summed E-state index contributed by atoms with van der Waals surface area (Å²) in [4.78, 5) is 93.1. The van der Waals surface area contributed by atoms with Crippen molar-refractivity contribution in [2.45, 2.75) is 590 Å². The van der Waals surface area contributed by atoms with Crippen molar-refractivity contribution in [2.75, 3.05) is 13.2 Å². The van der Waals surface area contributed by atoms with E-state index in [0.717, 1.165) is 186 Å². The number of phosphoric acid groups is 1. The molecule has 0 aromatic carbocycles. The molecule has 0 saturated carbocycles. The molecule has 2 rings (SSSR count). The number of hydrogen-bond donors (Lipinski definition) is 9. The van der Waals surface area contributed by atoms with Crippen molar-refractivity contribution in [3.8, 4) is 0 Å². The highest BCUT2D eigenvalue weighted by Crippen LogP contribution is 2.43. The highest BCUT2D eigenvalue weighted by Gasteiger charge is 2.54. The van der Waals surface area contributed by atoms with Crippen LogP contribution in [-0.2, 0) is 66.2 Å². The average Bonchev–Trinajstić information content (AvgIpc) is 0.782. The van der Waals surface area contributed by atoms with Crippen molar-refractivity contribution in [2.24, 2.45) is 0 Å². The van der Waals surface area contributed by atoms with Crippen LogP contribution in [0.4, 0.5) is 0 Å². The summed E-state index contributed by atoms with van der Waals surface area (Å²) in [5.41, 5.74) is 0. The Labute approximate surface area is 760 Å². The van der Waals surface area contributed by atoms with Crippen LogP contribution in [0.3, 0.4) is 0 Å². The molecule has 23 nitrogen and oxygen atoms in total. The van der Waals surface area contributed by atoms with Crippen LogP contribution >= 0.6 is 7.82 Å².